The summed E-state index contributed by atoms with van der Waals surface area (Å²) >= 11 is 5.72. The number of aromatic nitrogens is 2. The molecule has 3 rings (SSSR count). The summed E-state index contributed by atoms with van der Waals surface area (Å²) in [6, 6.07) is 19.3. The molecule has 0 aliphatic rings. The highest BCUT2D eigenvalue weighted by Crippen LogP contribution is 2.29. The summed E-state index contributed by atoms with van der Waals surface area (Å²) in [5.74, 6) is 0.0184. The van der Waals surface area contributed by atoms with Gasteiger partial charge in [0.25, 0.3) is 0 Å². The van der Waals surface area contributed by atoms with Crippen molar-refractivity contribution >= 4 is 40.5 Å². The van der Waals surface area contributed by atoms with E-state index in [-0.39, 0.29) is 6.61 Å². The van der Waals surface area contributed by atoms with E-state index in [4.69, 9.17) is 17.0 Å². The zero-order chi connectivity index (χ0) is 20.6. The average Bonchev–Trinajstić information content (AvgIpc) is 3.14. The van der Waals surface area contributed by atoms with Gasteiger partial charge in [0.05, 0.1) is 6.61 Å². The van der Waals surface area contributed by atoms with Crippen molar-refractivity contribution in [2.75, 3.05) is 16.8 Å². The molecule has 1 heterocycles. The van der Waals surface area contributed by atoms with Gasteiger partial charge in [-0.15, -0.1) is 0 Å². The Bertz CT molecular complexity index is 957. The van der Waals surface area contributed by atoms with Crippen molar-refractivity contribution in [3.8, 4) is 0 Å². The Morgan fingerprint density at radius 3 is 2.38 bits per heavy atom. The van der Waals surface area contributed by atoms with Gasteiger partial charge in [0.15, 0.2) is 10.9 Å². The molecule has 0 radical (unpaired) electrons. The van der Waals surface area contributed by atoms with Crippen LogP contribution in [0.15, 0.2) is 66.9 Å². The smallest absolute Gasteiger partial charge is 0.343 e. The van der Waals surface area contributed by atoms with Crippen molar-refractivity contribution in [1.82, 2.24) is 9.78 Å². The van der Waals surface area contributed by atoms with Crippen LogP contribution in [-0.4, -0.2) is 27.5 Å². The molecule has 6 nitrogen and oxygen atoms in total. The first kappa shape index (κ1) is 20.5. The zero-order valence-corrected chi connectivity index (χ0v) is 17.4. The van der Waals surface area contributed by atoms with Crippen molar-refractivity contribution in [1.29, 1.82) is 0 Å². The number of esters is 1. The summed E-state index contributed by atoms with van der Waals surface area (Å²) in [6.07, 6.45) is 2.61. The fraction of sp³-hybridized carbons (Fsp3) is 0.227. The number of nitrogens with zero attached hydrogens (tertiary/aromatic N) is 3. The Morgan fingerprint density at radius 1 is 1.10 bits per heavy atom. The van der Waals surface area contributed by atoms with Crippen LogP contribution in [0.3, 0.4) is 0 Å². The summed E-state index contributed by atoms with van der Waals surface area (Å²) < 4.78 is 7.01. The number of para-hydroxylation sites is 2. The minimum absolute atomic E-state index is 0.287. The van der Waals surface area contributed by atoms with Crippen LogP contribution in [0, 0.1) is 0 Å². The van der Waals surface area contributed by atoms with Crippen molar-refractivity contribution in [3.63, 3.8) is 0 Å². The number of nitrogens with one attached hydrogen (secondary N) is 1. The van der Waals surface area contributed by atoms with E-state index in [2.05, 4.69) is 17.3 Å². The van der Waals surface area contributed by atoms with Crippen LogP contribution >= 0.6 is 12.2 Å². The first-order valence-corrected chi connectivity index (χ1v) is 10.0. The highest BCUT2D eigenvalue weighted by molar-refractivity contribution is 7.80. The second-order valence-corrected chi connectivity index (χ2v) is 6.70. The van der Waals surface area contributed by atoms with E-state index in [0.29, 0.717) is 23.0 Å². The highest BCUT2D eigenvalue weighted by Gasteiger charge is 2.26. The maximum absolute atomic E-state index is 12.6. The van der Waals surface area contributed by atoms with Gasteiger partial charge in [-0.05, 0) is 49.8 Å². The first-order chi connectivity index (χ1) is 14.1. The average molecular weight is 409 g/mol. The molecule has 1 N–H and O–H groups in total. The van der Waals surface area contributed by atoms with E-state index in [1.807, 2.05) is 60.7 Å². The second-order valence-electron chi connectivity index (χ2n) is 6.32. The molecular formula is C22H24N4O2S. The Kier molecular flexibility index (Phi) is 6.97. The van der Waals surface area contributed by atoms with E-state index in [0.717, 1.165) is 17.8 Å². The van der Waals surface area contributed by atoms with Gasteiger partial charge in [0, 0.05) is 24.1 Å². The molecule has 0 spiro atoms. The minimum Gasteiger partial charge on any atom is -0.462 e. The number of thiocarbonyl (C=S) groups is 1. The molecule has 1 aromatic heterocycles. The number of benzene rings is 2. The van der Waals surface area contributed by atoms with Crippen molar-refractivity contribution in [3.05, 3.63) is 72.4 Å². The Morgan fingerprint density at radius 2 is 1.76 bits per heavy atom. The summed E-state index contributed by atoms with van der Waals surface area (Å²) in [7, 11) is 0. The molecule has 0 amide bonds. The van der Waals surface area contributed by atoms with Crippen LogP contribution in [0.2, 0.25) is 0 Å². The van der Waals surface area contributed by atoms with E-state index < -0.39 is 5.97 Å². The quantitative estimate of drug-likeness (QED) is 0.438. The fourth-order valence-electron chi connectivity index (χ4n) is 2.89. The molecule has 29 heavy (non-hydrogen) atoms. The summed E-state index contributed by atoms with van der Waals surface area (Å²) in [5.41, 5.74) is 2.03. The van der Waals surface area contributed by atoms with Crippen LogP contribution in [0.1, 0.15) is 30.6 Å². The molecule has 0 unspecified atom stereocenters. The van der Waals surface area contributed by atoms with Crippen LogP contribution in [0.5, 0.6) is 0 Å². The molecule has 7 heteroatoms. The molecule has 0 saturated heterocycles. The second kappa shape index (κ2) is 9.84. The third kappa shape index (κ3) is 5.00. The van der Waals surface area contributed by atoms with Crippen LogP contribution < -0.4 is 10.2 Å². The van der Waals surface area contributed by atoms with E-state index in [1.165, 1.54) is 0 Å². The lowest BCUT2D eigenvalue weighted by Crippen LogP contribution is -2.32. The SMILES string of the molecule is CCCn1cc(C(=O)OCC)c(N(C(=S)Nc2ccccc2)c2ccccc2)n1. The number of carbonyl (C=O) groups excluding carboxylic acids is 1. The van der Waals surface area contributed by atoms with Gasteiger partial charge in [-0.1, -0.05) is 43.3 Å². The maximum atomic E-state index is 12.6. The van der Waals surface area contributed by atoms with Gasteiger partial charge in [0.1, 0.15) is 5.56 Å². The van der Waals surface area contributed by atoms with Gasteiger partial charge >= 0.3 is 5.97 Å². The van der Waals surface area contributed by atoms with E-state index >= 15 is 0 Å². The topological polar surface area (TPSA) is 59.4 Å². The molecule has 0 aliphatic heterocycles. The minimum atomic E-state index is -0.423. The number of carbonyl (C=O) groups is 1. The fourth-order valence-corrected chi connectivity index (χ4v) is 3.20. The molecule has 2 aromatic carbocycles. The van der Waals surface area contributed by atoms with Crippen LogP contribution in [-0.2, 0) is 11.3 Å². The normalized spacial score (nSPS) is 10.4. The molecule has 0 fully saturated rings. The van der Waals surface area contributed by atoms with Crippen molar-refractivity contribution in [2.45, 2.75) is 26.8 Å². The maximum Gasteiger partial charge on any atom is 0.343 e. The van der Waals surface area contributed by atoms with Gasteiger partial charge in [0.2, 0.25) is 0 Å². The zero-order valence-electron chi connectivity index (χ0n) is 16.5. The number of anilines is 3. The largest absolute Gasteiger partial charge is 0.462 e. The molecule has 0 bridgehead atoms. The van der Waals surface area contributed by atoms with Gasteiger partial charge < -0.3 is 10.1 Å². The Balaban J connectivity index is 2.06. The number of ether oxygens (including phenoxy) is 1. The number of rotatable bonds is 7. The van der Waals surface area contributed by atoms with Crippen LogP contribution in [0.25, 0.3) is 0 Å². The summed E-state index contributed by atoms with van der Waals surface area (Å²) in [6.45, 7) is 4.82. The summed E-state index contributed by atoms with van der Waals surface area (Å²) in [4.78, 5) is 14.4. The Hall–Kier alpha value is -3.19. The first-order valence-electron chi connectivity index (χ1n) is 9.59. The third-order valence-corrected chi connectivity index (χ3v) is 4.43. The van der Waals surface area contributed by atoms with Gasteiger partial charge in [-0.3, -0.25) is 9.58 Å². The van der Waals surface area contributed by atoms with Gasteiger partial charge in [-0.25, -0.2) is 4.79 Å². The monoisotopic (exact) mass is 408 g/mol. The summed E-state index contributed by atoms with van der Waals surface area (Å²) in [5, 5.41) is 8.30. The highest BCUT2D eigenvalue weighted by atomic mass is 32.1. The van der Waals surface area contributed by atoms with Crippen LogP contribution in [0.4, 0.5) is 17.2 Å². The standard InChI is InChI=1S/C22H24N4O2S/c1-3-15-25-16-19(21(27)28-4-2)20(24-25)26(18-13-9-6-10-14-18)22(29)23-17-11-7-5-8-12-17/h5-14,16H,3-4,15H2,1-2H3,(H,23,29). The molecule has 0 atom stereocenters. The molecule has 150 valence electrons. The lowest BCUT2D eigenvalue weighted by atomic mass is 10.2. The number of aryl methyl sites for hydroxylation is 1. The van der Waals surface area contributed by atoms with Crippen molar-refractivity contribution < 1.29 is 9.53 Å². The molecule has 3 aromatic rings. The predicted molar refractivity (Wildman–Crippen MR) is 120 cm³/mol. The van der Waals surface area contributed by atoms with Gasteiger partial charge in [-0.2, -0.15) is 5.10 Å². The van der Waals surface area contributed by atoms with Crippen molar-refractivity contribution in [2.24, 2.45) is 0 Å². The van der Waals surface area contributed by atoms with E-state index in [9.17, 15) is 4.79 Å². The lowest BCUT2D eigenvalue weighted by molar-refractivity contribution is 0.0527. The Labute approximate surface area is 176 Å². The number of hydrogen-bond donors (Lipinski definition) is 1. The molecule has 0 saturated carbocycles. The lowest BCUT2D eigenvalue weighted by Gasteiger charge is -2.24. The number of hydrogen-bond acceptors (Lipinski definition) is 4. The molecular weight excluding hydrogens is 384 g/mol. The third-order valence-electron chi connectivity index (χ3n) is 4.14. The van der Waals surface area contributed by atoms with E-state index in [1.54, 1.807) is 22.7 Å². The molecule has 0 aliphatic carbocycles. The predicted octanol–water partition coefficient (Wildman–Crippen LogP) is 5.00.